The Bertz CT molecular complexity index is 2630. The van der Waals surface area contributed by atoms with Gasteiger partial charge in [0.05, 0.1) is 12.1 Å². The molecular formula is C64H78N2O6. The van der Waals surface area contributed by atoms with Crippen molar-refractivity contribution in [3.05, 3.63) is 187 Å². The van der Waals surface area contributed by atoms with Crippen LogP contribution in [0.2, 0.25) is 0 Å². The number of carbonyl (C=O) groups is 2. The lowest BCUT2D eigenvalue weighted by Crippen LogP contribution is -2.31. The fourth-order valence-corrected chi connectivity index (χ4v) is 9.51. The van der Waals surface area contributed by atoms with Gasteiger partial charge in [-0.15, -0.1) is 0 Å². The molecule has 6 aromatic rings. The lowest BCUT2D eigenvalue weighted by molar-refractivity contribution is -0.124. The molecule has 0 fully saturated rings. The molecule has 0 saturated carbocycles. The summed E-state index contributed by atoms with van der Waals surface area (Å²) in [6.07, 6.45) is 1.19. The van der Waals surface area contributed by atoms with Crippen LogP contribution in [0.5, 0.6) is 23.0 Å². The van der Waals surface area contributed by atoms with Gasteiger partial charge in [0.2, 0.25) is 0 Å². The number of benzene rings is 6. The van der Waals surface area contributed by atoms with Crippen molar-refractivity contribution in [3.8, 4) is 23.0 Å². The van der Waals surface area contributed by atoms with Gasteiger partial charge in [0.15, 0.2) is 13.2 Å². The zero-order valence-corrected chi connectivity index (χ0v) is 45.3. The van der Waals surface area contributed by atoms with Crippen LogP contribution < -0.4 is 20.1 Å². The van der Waals surface area contributed by atoms with Crippen LogP contribution in [0.3, 0.4) is 0 Å². The lowest BCUT2D eigenvalue weighted by atomic mass is 9.79. The predicted molar refractivity (Wildman–Crippen MR) is 292 cm³/mol. The number of rotatable bonds is 10. The van der Waals surface area contributed by atoms with Crippen LogP contribution in [0.4, 0.5) is 0 Å². The van der Waals surface area contributed by atoms with Crippen molar-refractivity contribution in [2.24, 2.45) is 0 Å². The van der Waals surface area contributed by atoms with Crippen LogP contribution in [0.1, 0.15) is 187 Å². The standard InChI is InChI=1S/C64H78N2O6/c1-39(41-21-17-15-18-22-41)65-55(67)37-71-59-47-25-43-29-51(61(3,4)5)31-45(57(43)69)27-49-35-54(64(12,13)14)36-50(60(49)72-38-56(68)66-40(2)42-23-19-16-20-24-42)28-46-32-52(62(6,7)8)30-44(58(46)70)26-48(59)34-53(33-47)63(9,10)11/h15-24,29-36,39-40,69-70H,25-28,37-38H2,1-14H3,(H,65,67)(H,66,68)/t39-,40-/m0/s1. The van der Waals surface area contributed by atoms with Crippen LogP contribution in [-0.4, -0.2) is 35.2 Å². The number of nitrogens with one attached hydrogen (secondary N) is 2. The first-order chi connectivity index (χ1) is 33.6. The molecule has 8 bridgehead atoms. The number of ether oxygens (including phenoxy) is 2. The van der Waals surface area contributed by atoms with E-state index in [9.17, 15) is 19.8 Å². The SMILES string of the molecule is C[C@H](NC(=O)COc1c2cc(C(C)(C)C)cc1Cc1cc(C(C)(C)C)cc(c1O)Cc1cc(C(C)(C)C)cc(c1OCC(=O)N[C@@H](C)c1ccccc1)Cc1cc(C(C)(C)C)cc(c1O)C2)c1ccccc1. The number of amides is 2. The lowest BCUT2D eigenvalue weighted by Gasteiger charge is -2.28. The summed E-state index contributed by atoms with van der Waals surface area (Å²) in [5, 5.41) is 31.7. The van der Waals surface area contributed by atoms with Crippen LogP contribution in [0, 0.1) is 0 Å². The predicted octanol–water partition coefficient (Wildman–Crippen LogP) is 13.5. The van der Waals surface area contributed by atoms with Gasteiger partial charge in [-0.1, -0.05) is 192 Å². The number of phenols is 2. The minimum atomic E-state index is -0.292. The minimum absolute atomic E-state index is 0.166. The monoisotopic (exact) mass is 971 g/mol. The second-order valence-corrected chi connectivity index (χ2v) is 24.2. The molecule has 0 unspecified atom stereocenters. The van der Waals surface area contributed by atoms with Crippen LogP contribution in [0.15, 0.2) is 109 Å². The Balaban J connectivity index is 1.45. The number of hydrogen-bond donors (Lipinski definition) is 4. The summed E-state index contributed by atoms with van der Waals surface area (Å²) in [6.45, 7) is 29.6. The summed E-state index contributed by atoms with van der Waals surface area (Å²) in [5.41, 5.74) is 11.2. The molecule has 380 valence electrons. The third kappa shape index (κ3) is 12.7. The van der Waals surface area contributed by atoms with Crippen LogP contribution >= 0.6 is 0 Å². The van der Waals surface area contributed by atoms with Crippen molar-refractivity contribution in [2.75, 3.05) is 13.2 Å². The van der Waals surface area contributed by atoms with E-state index in [4.69, 9.17) is 9.47 Å². The zero-order chi connectivity index (χ0) is 52.5. The van der Waals surface area contributed by atoms with Gasteiger partial charge in [-0.25, -0.2) is 0 Å². The van der Waals surface area contributed by atoms with E-state index in [0.717, 1.165) is 77.9 Å². The highest BCUT2D eigenvalue weighted by molar-refractivity contribution is 5.79. The van der Waals surface area contributed by atoms with Crippen molar-refractivity contribution < 1.29 is 29.3 Å². The molecule has 0 aliphatic heterocycles. The van der Waals surface area contributed by atoms with E-state index in [0.29, 0.717) is 37.2 Å². The molecule has 6 aromatic carbocycles. The molecule has 4 N–H and O–H groups in total. The van der Waals surface area contributed by atoms with Crippen molar-refractivity contribution >= 4 is 11.8 Å². The molecule has 0 heterocycles. The maximum atomic E-state index is 13.8. The molecule has 0 aromatic heterocycles. The maximum absolute atomic E-state index is 13.8. The van der Waals surface area contributed by atoms with Gasteiger partial charge in [-0.3, -0.25) is 9.59 Å². The topological polar surface area (TPSA) is 117 Å². The smallest absolute Gasteiger partial charge is 0.258 e. The minimum Gasteiger partial charge on any atom is -0.507 e. The van der Waals surface area contributed by atoms with E-state index in [1.54, 1.807) is 0 Å². The molecule has 0 radical (unpaired) electrons. The average molecular weight is 971 g/mol. The normalized spacial score (nSPS) is 14.0. The fourth-order valence-electron chi connectivity index (χ4n) is 9.51. The third-order valence-corrected chi connectivity index (χ3v) is 14.1. The summed E-state index contributed by atoms with van der Waals surface area (Å²) in [6, 6.07) is 36.2. The Labute approximate surface area is 429 Å². The first-order valence-corrected chi connectivity index (χ1v) is 25.6. The quantitative estimate of drug-likeness (QED) is 0.108. The van der Waals surface area contributed by atoms with Crippen LogP contribution in [0.25, 0.3) is 0 Å². The molecule has 7 rings (SSSR count). The van der Waals surface area contributed by atoms with Crippen LogP contribution in [-0.2, 0) is 56.9 Å². The Kier molecular flexibility index (Phi) is 15.5. The summed E-state index contributed by atoms with van der Waals surface area (Å²) < 4.78 is 13.5. The number of phenolic OH excluding ortho intramolecular Hbond substituents is 2. The fraction of sp³-hybridized carbons (Fsp3) is 0.406. The van der Waals surface area contributed by atoms with E-state index in [1.807, 2.05) is 74.5 Å². The third-order valence-electron chi connectivity index (χ3n) is 14.1. The molecule has 1 aliphatic rings. The highest BCUT2D eigenvalue weighted by Crippen LogP contribution is 2.44. The van der Waals surface area contributed by atoms with Gasteiger partial charge >= 0.3 is 0 Å². The Morgan fingerprint density at radius 2 is 0.667 bits per heavy atom. The van der Waals surface area contributed by atoms with Gasteiger partial charge < -0.3 is 30.3 Å². The van der Waals surface area contributed by atoms with E-state index >= 15 is 0 Å². The Morgan fingerprint density at radius 1 is 0.431 bits per heavy atom. The van der Waals surface area contributed by atoms with Gasteiger partial charge in [0.1, 0.15) is 23.0 Å². The first-order valence-electron chi connectivity index (χ1n) is 25.6. The highest BCUT2D eigenvalue weighted by atomic mass is 16.5. The van der Waals surface area contributed by atoms with E-state index in [-0.39, 0.29) is 70.3 Å². The Hall–Kier alpha value is -6.54. The Morgan fingerprint density at radius 3 is 0.903 bits per heavy atom. The van der Waals surface area contributed by atoms with Gasteiger partial charge in [0, 0.05) is 25.7 Å². The molecule has 72 heavy (non-hydrogen) atoms. The number of carbonyl (C=O) groups excluding carboxylic acids is 2. The summed E-state index contributed by atoms with van der Waals surface area (Å²) >= 11 is 0. The average Bonchev–Trinajstić information content (AvgIpc) is 3.29. The largest absolute Gasteiger partial charge is 0.507 e. The zero-order valence-electron chi connectivity index (χ0n) is 45.3. The second kappa shape index (κ2) is 20.9. The van der Waals surface area contributed by atoms with Crippen molar-refractivity contribution in [1.82, 2.24) is 10.6 Å². The van der Waals surface area contributed by atoms with Crippen molar-refractivity contribution in [1.29, 1.82) is 0 Å². The van der Waals surface area contributed by atoms with E-state index in [2.05, 4.69) is 142 Å². The molecule has 2 atom stereocenters. The molecule has 8 nitrogen and oxygen atoms in total. The summed E-state index contributed by atoms with van der Waals surface area (Å²) in [4.78, 5) is 27.6. The number of hydrogen-bond acceptors (Lipinski definition) is 6. The van der Waals surface area contributed by atoms with Gasteiger partial charge in [0.25, 0.3) is 11.8 Å². The van der Waals surface area contributed by atoms with Crippen molar-refractivity contribution in [3.63, 3.8) is 0 Å². The molecule has 0 spiro atoms. The summed E-state index contributed by atoms with van der Waals surface area (Å²) in [5.74, 6) is 0.914. The molecular weight excluding hydrogens is 893 g/mol. The maximum Gasteiger partial charge on any atom is 0.258 e. The molecule has 2 amide bonds. The first kappa shape index (κ1) is 53.3. The molecule has 1 aliphatic carbocycles. The number of aromatic hydroxyl groups is 2. The van der Waals surface area contributed by atoms with Gasteiger partial charge in [-0.2, -0.15) is 0 Å². The van der Waals surface area contributed by atoms with Crippen molar-refractivity contribution in [2.45, 2.75) is 156 Å². The molecule has 8 heteroatoms. The summed E-state index contributed by atoms with van der Waals surface area (Å²) in [7, 11) is 0. The second-order valence-electron chi connectivity index (χ2n) is 24.2. The van der Waals surface area contributed by atoms with E-state index in [1.165, 1.54) is 0 Å². The highest BCUT2D eigenvalue weighted by Gasteiger charge is 2.29. The molecule has 0 saturated heterocycles. The van der Waals surface area contributed by atoms with Gasteiger partial charge in [-0.05, 0) is 113 Å². The van der Waals surface area contributed by atoms with E-state index < -0.39 is 0 Å². The number of fused-ring (bicyclic) bond motifs is 8.